The zero-order valence-electron chi connectivity index (χ0n) is 17.9. The first kappa shape index (κ1) is 24.2. The third-order valence-electron chi connectivity index (χ3n) is 5.05. The molecule has 1 aromatic heterocycles. The van der Waals surface area contributed by atoms with Gasteiger partial charge in [-0.05, 0) is 30.7 Å². The highest BCUT2D eigenvalue weighted by Gasteiger charge is 2.33. The van der Waals surface area contributed by atoms with Gasteiger partial charge in [-0.25, -0.2) is 4.98 Å². The maximum Gasteiger partial charge on any atom is 0.416 e. The van der Waals surface area contributed by atoms with Crippen molar-refractivity contribution in [3.63, 3.8) is 0 Å². The van der Waals surface area contributed by atoms with Crippen molar-refractivity contribution >= 4 is 23.1 Å². The monoisotopic (exact) mass is 467 g/mol. The zero-order chi connectivity index (χ0) is 24.0. The van der Waals surface area contributed by atoms with Gasteiger partial charge in [-0.3, -0.25) is 14.9 Å². The third kappa shape index (κ3) is 6.78. The van der Waals surface area contributed by atoms with Gasteiger partial charge in [-0.2, -0.15) is 13.2 Å². The van der Waals surface area contributed by atoms with E-state index in [1.165, 1.54) is 0 Å². The van der Waals surface area contributed by atoms with Crippen molar-refractivity contribution < 1.29 is 27.6 Å². The number of nitrogens with one attached hydrogen (secondary N) is 2. The van der Waals surface area contributed by atoms with Crippen LogP contribution < -0.4 is 15.5 Å². The molecule has 2 heterocycles. The molecule has 0 bridgehead atoms. The number of amides is 1. The largest absolute Gasteiger partial charge is 0.416 e. The highest BCUT2D eigenvalue weighted by Crippen LogP contribution is 2.34. The number of nitro benzene ring substituents is 1. The van der Waals surface area contributed by atoms with E-state index >= 15 is 0 Å². The van der Waals surface area contributed by atoms with Gasteiger partial charge in [0.2, 0.25) is 5.91 Å². The number of alkyl halides is 3. The van der Waals surface area contributed by atoms with Crippen molar-refractivity contribution in [2.24, 2.45) is 0 Å². The molecule has 1 saturated heterocycles. The van der Waals surface area contributed by atoms with Crippen LogP contribution in [0.5, 0.6) is 0 Å². The third-order valence-corrected chi connectivity index (χ3v) is 5.05. The highest BCUT2D eigenvalue weighted by atomic mass is 19.4. The summed E-state index contributed by atoms with van der Waals surface area (Å²) in [6.07, 6.45) is -2.89. The molecule has 2 aromatic rings. The average molecular weight is 467 g/mol. The number of nitrogens with zero attached hydrogens (tertiary/aromatic N) is 3. The Morgan fingerprint density at radius 2 is 2.12 bits per heavy atom. The molecule has 0 spiro atoms. The Morgan fingerprint density at radius 1 is 1.33 bits per heavy atom. The lowest BCUT2D eigenvalue weighted by Gasteiger charge is -2.32. The Labute approximate surface area is 188 Å². The van der Waals surface area contributed by atoms with E-state index < -0.39 is 22.4 Å². The van der Waals surface area contributed by atoms with Crippen LogP contribution in [-0.2, 0) is 22.3 Å². The molecule has 1 atom stereocenters. The van der Waals surface area contributed by atoms with E-state index in [4.69, 9.17) is 4.74 Å². The molecule has 178 valence electrons. The Bertz CT molecular complexity index is 985. The molecule has 1 aromatic carbocycles. The summed E-state index contributed by atoms with van der Waals surface area (Å²) < 4.78 is 43.8. The minimum Gasteiger partial charge on any atom is -0.379 e. The number of nitro groups is 1. The van der Waals surface area contributed by atoms with Crippen molar-refractivity contribution in [2.75, 3.05) is 36.5 Å². The number of hydrogen-bond donors (Lipinski definition) is 2. The molecule has 12 heteroatoms. The average Bonchev–Trinajstić information content (AvgIpc) is 2.77. The molecule has 1 aliphatic heterocycles. The van der Waals surface area contributed by atoms with Crippen LogP contribution in [-0.4, -0.2) is 48.2 Å². The molecule has 2 N–H and O–H groups in total. The summed E-state index contributed by atoms with van der Waals surface area (Å²) in [6.45, 7) is 4.44. The first-order valence-corrected chi connectivity index (χ1v) is 10.3. The Kier molecular flexibility index (Phi) is 7.69. The minimum absolute atomic E-state index is 0.0183. The summed E-state index contributed by atoms with van der Waals surface area (Å²) in [5.74, 6) is 0.519. The number of carbonyl (C=O) groups is 1. The molecule has 1 fully saturated rings. The normalized spacial score (nSPS) is 16.4. The number of anilines is 2. The van der Waals surface area contributed by atoms with Gasteiger partial charge in [-0.1, -0.05) is 6.07 Å². The predicted octanol–water partition coefficient (Wildman–Crippen LogP) is 3.35. The van der Waals surface area contributed by atoms with E-state index in [1.54, 1.807) is 6.20 Å². The smallest absolute Gasteiger partial charge is 0.379 e. The molecule has 33 heavy (non-hydrogen) atoms. The number of benzene rings is 1. The summed E-state index contributed by atoms with van der Waals surface area (Å²) in [6, 6.07) is 5.96. The molecule has 1 aliphatic rings. The van der Waals surface area contributed by atoms with Crippen molar-refractivity contribution in [1.82, 2.24) is 10.3 Å². The van der Waals surface area contributed by atoms with Gasteiger partial charge < -0.3 is 20.3 Å². The number of morpholine rings is 1. The Morgan fingerprint density at radius 3 is 2.76 bits per heavy atom. The summed E-state index contributed by atoms with van der Waals surface area (Å²) >= 11 is 0. The second-order valence-corrected chi connectivity index (χ2v) is 7.59. The molecule has 9 nitrogen and oxygen atoms in total. The van der Waals surface area contributed by atoms with Crippen LogP contribution >= 0.6 is 0 Å². The molecular weight excluding hydrogens is 443 g/mol. The molecule has 0 saturated carbocycles. The van der Waals surface area contributed by atoms with E-state index in [0.29, 0.717) is 12.7 Å². The maximum absolute atomic E-state index is 12.8. The van der Waals surface area contributed by atoms with Gasteiger partial charge in [-0.15, -0.1) is 0 Å². The predicted molar refractivity (Wildman–Crippen MR) is 115 cm³/mol. The maximum atomic E-state index is 12.8. The number of rotatable bonds is 8. The van der Waals surface area contributed by atoms with E-state index in [1.807, 2.05) is 19.1 Å². The molecular formula is C21H24F3N5O4. The molecule has 0 radical (unpaired) electrons. The number of aromatic nitrogens is 1. The lowest BCUT2D eigenvalue weighted by molar-refractivity contribution is -0.384. The van der Waals surface area contributed by atoms with E-state index in [2.05, 4.69) is 20.5 Å². The van der Waals surface area contributed by atoms with Crippen LogP contribution in [0.25, 0.3) is 0 Å². The van der Waals surface area contributed by atoms with Crippen LogP contribution in [0.1, 0.15) is 24.5 Å². The zero-order valence-corrected chi connectivity index (χ0v) is 17.9. The number of ether oxygens (including phenoxy) is 1. The number of pyridine rings is 1. The minimum atomic E-state index is -4.68. The molecule has 1 unspecified atom stereocenters. The second-order valence-electron chi connectivity index (χ2n) is 7.59. The van der Waals surface area contributed by atoms with Gasteiger partial charge in [0.05, 0.1) is 23.2 Å². The second kappa shape index (κ2) is 10.5. The number of halogens is 3. The van der Waals surface area contributed by atoms with Crippen molar-refractivity contribution in [2.45, 2.75) is 32.2 Å². The van der Waals surface area contributed by atoms with Crippen molar-refractivity contribution in [3.05, 3.63) is 57.8 Å². The Hall–Kier alpha value is -3.41. The van der Waals surface area contributed by atoms with Gasteiger partial charge in [0.15, 0.2) is 0 Å². The number of hydrogen-bond acceptors (Lipinski definition) is 7. The topological polar surface area (TPSA) is 110 Å². The van der Waals surface area contributed by atoms with Crippen LogP contribution in [0, 0.1) is 10.1 Å². The van der Waals surface area contributed by atoms with E-state index in [-0.39, 0.29) is 37.2 Å². The van der Waals surface area contributed by atoms with Crippen LogP contribution in [0.2, 0.25) is 0 Å². The molecule has 3 rings (SSSR count). The summed E-state index contributed by atoms with van der Waals surface area (Å²) in [7, 11) is 0. The summed E-state index contributed by atoms with van der Waals surface area (Å²) in [5.41, 5.74) is -1.09. The standard InChI is InChI=1S/C21H24F3N5O4/c1-14-13-28(8-9-33-14)19-5-2-15(11-26-19)12-27-20(30)6-7-25-17-4-3-16(21(22,23)24)10-18(17)29(31)32/h2-5,10-11,14,25H,6-9,12-13H2,1H3,(H,27,30). The first-order chi connectivity index (χ1) is 15.6. The van der Waals surface area contributed by atoms with E-state index in [9.17, 15) is 28.1 Å². The lowest BCUT2D eigenvalue weighted by atomic mass is 10.1. The van der Waals surface area contributed by atoms with E-state index in [0.717, 1.165) is 36.6 Å². The highest BCUT2D eigenvalue weighted by molar-refractivity contribution is 5.76. The first-order valence-electron chi connectivity index (χ1n) is 10.3. The van der Waals surface area contributed by atoms with Crippen molar-refractivity contribution in [3.8, 4) is 0 Å². The van der Waals surface area contributed by atoms with Gasteiger partial charge in [0, 0.05) is 44.9 Å². The fourth-order valence-corrected chi connectivity index (χ4v) is 3.34. The number of carbonyl (C=O) groups excluding carboxylic acids is 1. The van der Waals surface area contributed by atoms with Gasteiger partial charge in [0.1, 0.15) is 11.5 Å². The van der Waals surface area contributed by atoms with Crippen molar-refractivity contribution in [1.29, 1.82) is 0 Å². The lowest BCUT2D eigenvalue weighted by Crippen LogP contribution is -2.41. The Balaban J connectivity index is 1.47. The summed E-state index contributed by atoms with van der Waals surface area (Å²) in [5, 5.41) is 16.5. The van der Waals surface area contributed by atoms with Gasteiger partial charge in [0.25, 0.3) is 5.69 Å². The van der Waals surface area contributed by atoms with Crippen LogP contribution in [0.4, 0.5) is 30.4 Å². The fourth-order valence-electron chi connectivity index (χ4n) is 3.34. The SMILES string of the molecule is CC1CN(c2ccc(CNC(=O)CCNc3ccc(C(F)(F)F)cc3[N+](=O)[O-])cn2)CCO1. The van der Waals surface area contributed by atoms with Crippen LogP contribution in [0.3, 0.4) is 0 Å². The van der Waals surface area contributed by atoms with Crippen LogP contribution in [0.15, 0.2) is 36.5 Å². The quantitative estimate of drug-likeness (QED) is 0.453. The molecule has 0 aliphatic carbocycles. The molecule has 1 amide bonds. The fraction of sp³-hybridized carbons (Fsp3) is 0.429. The van der Waals surface area contributed by atoms with Gasteiger partial charge >= 0.3 is 6.18 Å². The summed E-state index contributed by atoms with van der Waals surface area (Å²) in [4.78, 5) is 28.8.